The number of thiophene rings is 1. The number of nitrogens with one attached hydrogen (secondary N) is 1. The van der Waals surface area contributed by atoms with Crippen molar-refractivity contribution in [3.8, 4) is 0 Å². The topological polar surface area (TPSA) is 74.2 Å². The van der Waals surface area contributed by atoms with Crippen molar-refractivity contribution >= 4 is 29.0 Å². The van der Waals surface area contributed by atoms with E-state index in [1.807, 2.05) is 31.4 Å². The number of halogens is 1. The molecular formula is C22H27FN4O3S. The molecule has 1 aromatic heterocycles. The van der Waals surface area contributed by atoms with E-state index in [1.165, 1.54) is 27.3 Å². The summed E-state index contributed by atoms with van der Waals surface area (Å²) in [6.45, 7) is 4.12. The number of benzene rings is 1. The lowest BCUT2D eigenvalue weighted by atomic mass is 10.0. The molecule has 0 bridgehead atoms. The number of amides is 3. The predicted molar refractivity (Wildman–Crippen MR) is 119 cm³/mol. The van der Waals surface area contributed by atoms with Gasteiger partial charge in [-0.25, -0.2) is 14.2 Å². The molecule has 0 spiro atoms. The first kappa shape index (κ1) is 22.9. The third-order valence-corrected chi connectivity index (χ3v) is 5.79. The Hall–Kier alpha value is -2.78. The van der Waals surface area contributed by atoms with Gasteiger partial charge in [0.25, 0.3) is 5.91 Å². The molecule has 31 heavy (non-hydrogen) atoms. The van der Waals surface area contributed by atoms with Crippen molar-refractivity contribution in [3.63, 3.8) is 0 Å². The second-order valence-electron chi connectivity index (χ2n) is 7.52. The minimum absolute atomic E-state index is 0.0658. The number of carbonyl (C=O) groups excluding carboxylic acids is 2. The molecule has 7 nitrogen and oxygen atoms in total. The molecule has 2 aromatic rings. The molecule has 1 aliphatic heterocycles. The van der Waals surface area contributed by atoms with Crippen LogP contribution in [0.3, 0.4) is 0 Å². The van der Waals surface area contributed by atoms with Crippen LogP contribution >= 0.6 is 11.3 Å². The van der Waals surface area contributed by atoms with Gasteiger partial charge in [-0.1, -0.05) is 24.3 Å². The second-order valence-corrected chi connectivity index (χ2v) is 8.50. The minimum Gasteiger partial charge on any atom is -0.383 e. The molecule has 0 saturated carbocycles. The van der Waals surface area contributed by atoms with E-state index < -0.39 is 0 Å². The van der Waals surface area contributed by atoms with E-state index in [0.717, 1.165) is 4.88 Å². The molecular weight excluding hydrogens is 419 g/mol. The van der Waals surface area contributed by atoms with Crippen molar-refractivity contribution in [2.75, 3.05) is 26.8 Å². The van der Waals surface area contributed by atoms with Crippen LogP contribution in [0.15, 0.2) is 46.9 Å². The zero-order chi connectivity index (χ0) is 22.4. The standard InChI is InChI=1S/C22H27FN4O3S/c1-15(2)24-22(29)26(10-11-30-3)14-21(28)27-19(20-9-6-12-31-20)13-18(25-27)16-7-4-5-8-17(16)23/h4-9,12,15,19H,10-11,13-14H2,1-3H3,(H,24,29)/t19-/m0/s1. The van der Waals surface area contributed by atoms with Crippen LogP contribution in [0.5, 0.6) is 0 Å². The maximum absolute atomic E-state index is 14.4. The van der Waals surface area contributed by atoms with Crippen LogP contribution in [0.25, 0.3) is 0 Å². The predicted octanol–water partition coefficient (Wildman–Crippen LogP) is 3.63. The Labute approximate surface area is 185 Å². The number of methoxy groups -OCH3 is 1. The molecule has 3 rings (SSSR count). The number of ether oxygens (including phenoxy) is 1. The Morgan fingerprint density at radius 2 is 2.10 bits per heavy atom. The third-order valence-electron chi connectivity index (χ3n) is 4.81. The largest absolute Gasteiger partial charge is 0.383 e. The molecule has 166 valence electrons. The van der Waals surface area contributed by atoms with Crippen molar-refractivity contribution < 1.29 is 18.7 Å². The number of hydrazone groups is 1. The fraction of sp³-hybridized carbons (Fsp3) is 0.409. The molecule has 0 unspecified atom stereocenters. The molecule has 3 amide bonds. The van der Waals surface area contributed by atoms with Crippen LogP contribution in [-0.2, 0) is 9.53 Å². The first-order valence-corrected chi connectivity index (χ1v) is 11.0. The zero-order valence-electron chi connectivity index (χ0n) is 17.9. The minimum atomic E-state index is -0.376. The summed E-state index contributed by atoms with van der Waals surface area (Å²) < 4.78 is 19.4. The van der Waals surface area contributed by atoms with Gasteiger partial charge in [-0.05, 0) is 31.4 Å². The maximum atomic E-state index is 14.4. The van der Waals surface area contributed by atoms with E-state index in [4.69, 9.17) is 4.74 Å². The number of carbonyl (C=O) groups is 2. The van der Waals surface area contributed by atoms with Crippen molar-refractivity contribution in [3.05, 3.63) is 58.0 Å². The molecule has 0 fully saturated rings. The first-order chi connectivity index (χ1) is 14.9. The zero-order valence-corrected chi connectivity index (χ0v) is 18.7. The van der Waals surface area contributed by atoms with Gasteiger partial charge in [0.15, 0.2) is 0 Å². The van der Waals surface area contributed by atoms with E-state index in [1.54, 1.807) is 25.3 Å². The molecule has 1 atom stereocenters. The quantitative estimate of drug-likeness (QED) is 0.673. The summed E-state index contributed by atoms with van der Waals surface area (Å²) in [5, 5.41) is 10.6. The van der Waals surface area contributed by atoms with Crippen molar-refractivity contribution in [1.82, 2.24) is 15.2 Å². The summed E-state index contributed by atoms with van der Waals surface area (Å²) in [5.74, 6) is -0.710. The highest BCUT2D eigenvalue weighted by Gasteiger charge is 2.35. The van der Waals surface area contributed by atoms with Gasteiger partial charge < -0.3 is 15.0 Å². The summed E-state index contributed by atoms with van der Waals surface area (Å²) in [6.07, 6.45) is 0.406. The number of urea groups is 1. The fourth-order valence-corrected chi connectivity index (χ4v) is 4.14. The molecule has 1 N–H and O–H groups in total. The van der Waals surface area contributed by atoms with Crippen LogP contribution in [0, 0.1) is 5.82 Å². The first-order valence-electron chi connectivity index (χ1n) is 10.1. The lowest BCUT2D eigenvalue weighted by Crippen LogP contribution is -2.48. The van der Waals surface area contributed by atoms with E-state index in [2.05, 4.69) is 10.4 Å². The highest BCUT2D eigenvalue weighted by molar-refractivity contribution is 7.10. The smallest absolute Gasteiger partial charge is 0.318 e. The van der Waals surface area contributed by atoms with Gasteiger partial charge in [0, 0.05) is 36.6 Å². The molecule has 2 heterocycles. The van der Waals surface area contributed by atoms with E-state index >= 15 is 0 Å². The molecule has 0 aliphatic carbocycles. The number of hydrogen-bond donors (Lipinski definition) is 1. The Kier molecular flexibility index (Phi) is 7.75. The van der Waals surface area contributed by atoms with Gasteiger partial charge in [0.1, 0.15) is 12.4 Å². The van der Waals surface area contributed by atoms with E-state index in [0.29, 0.717) is 24.3 Å². The number of hydrogen-bond acceptors (Lipinski definition) is 5. The van der Waals surface area contributed by atoms with Crippen molar-refractivity contribution in [2.45, 2.75) is 32.4 Å². The van der Waals surface area contributed by atoms with Crippen LogP contribution in [0.4, 0.5) is 9.18 Å². The molecule has 0 saturated heterocycles. The van der Waals surface area contributed by atoms with Crippen LogP contribution in [0.2, 0.25) is 0 Å². The highest BCUT2D eigenvalue weighted by atomic mass is 32.1. The third kappa shape index (κ3) is 5.68. The molecule has 9 heteroatoms. The molecule has 1 aliphatic rings. The fourth-order valence-electron chi connectivity index (χ4n) is 3.33. The lowest BCUT2D eigenvalue weighted by Gasteiger charge is -2.27. The Morgan fingerprint density at radius 3 is 2.74 bits per heavy atom. The lowest BCUT2D eigenvalue weighted by molar-refractivity contribution is -0.133. The Morgan fingerprint density at radius 1 is 1.32 bits per heavy atom. The summed E-state index contributed by atoms with van der Waals surface area (Å²) in [6, 6.07) is 9.51. The molecule has 0 radical (unpaired) electrons. The van der Waals surface area contributed by atoms with Crippen LogP contribution < -0.4 is 5.32 Å². The highest BCUT2D eigenvalue weighted by Crippen LogP contribution is 2.35. The molecule has 1 aromatic carbocycles. The van der Waals surface area contributed by atoms with Gasteiger partial charge >= 0.3 is 6.03 Å². The van der Waals surface area contributed by atoms with Crippen molar-refractivity contribution in [2.24, 2.45) is 5.10 Å². The Balaban J connectivity index is 1.85. The van der Waals surface area contributed by atoms with Gasteiger partial charge in [0.05, 0.1) is 18.4 Å². The van der Waals surface area contributed by atoms with Gasteiger partial charge in [-0.3, -0.25) is 4.79 Å². The SMILES string of the molecule is COCCN(CC(=O)N1N=C(c2ccccc2F)C[C@H]1c1cccs1)C(=O)NC(C)C. The summed E-state index contributed by atoms with van der Waals surface area (Å²) >= 11 is 1.52. The number of rotatable bonds is 8. The van der Waals surface area contributed by atoms with E-state index in [9.17, 15) is 14.0 Å². The average molecular weight is 447 g/mol. The van der Waals surface area contributed by atoms with Crippen LogP contribution in [0.1, 0.15) is 36.8 Å². The maximum Gasteiger partial charge on any atom is 0.318 e. The van der Waals surface area contributed by atoms with Crippen LogP contribution in [-0.4, -0.2) is 60.4 Å². The van der Waals surface area contributed by atoms with Crippen molar-refractivity contribution in [1.29, 1.82) is 0 Å². The number of nitrogens with zero attached hydrogens (tertiary/aromatic N) is 3. The van der Waals surface area contributed by atoms with Gasteiger partial charge in [-0.2, -0.15) is 5.10 Å². The monoisotopic (exact) mass is 446 g/mol. The Bertz CT molecular complexity index is 933. The summed E-state index contributed by atoms with van der Waals surface area (Å²) in [5.41, 5.74) is 0.896. The summed E-state index contributed by atoms with van der Waals surface area (Å²) in [7, 11) is 1.54. The normalized spacial score (nSPS) is 15.8. The van der Waals surface area contributed by atoms with E-state index in [-0.39, 0.29) is 42.9 Å². The van der Waals surface area contributed by atoms with Gasteiger partial charge in [-0.15, -0.1) is 11.3 Å². The van der Waals surface area contributed by atoms with Gasteiger partial charge in [0.2, 0.25) is 0 Å². The summed E-state index contributed by atoms with van der Waals surface area (Å²) in [4.78, 5) is 28.2. The second kappa shape index (κ2) is 10.5. The average Bonchev–Trinajstić information content (AvgIpc) is 3.40.